The highest BCUT2D eigenvalue weighted by Gasteiger charge is 2.08. The summed E-state index contributed by atoms with van der Waals surface area (Å²) in [6.45, 7) is -0.0112. The predicted octanol–water partition coefficient (Wildman–Crippen LogP) is 4.48. The molecule has 0 amide bonds. The molecule has 0 aromatic heterocycles. The van der Waals surface area contributed by atoms with Crippen molar-refractivity contribution in [2.75, 3.05) is 5.32 Å². The molecule has 2 rings (SSSR count). The van der Waals surface area contributed by atoms with Gasteiger partial charge in [0.25, 0.3) is 0 Å². The maximum Gasteiger partial charge on any atom is 0.131 e. The Kier molecular flexibility index (Phi) is 3.91. The summed E-state index contributed by atoms with van der Waals surface area (Å²) in [7, 11) is 0. The summed E-state index contributed by atoms with van der Waals surface area (Å²) in [5, 5.41) is 2.84. The molecular formula is C13H9BrF3N. The van der Waals surface area contributed by atoms with Gasteiger partial charge in [0.05, 0.1) is 0 Å². The largest absolute Gasteiger partial charge is 0.380 e. The molecule has 1 nitrogen and oxygen atoms in total. The minimum Gasteiger partial charge on any atom is -0.380 e. The smallest absolute Gasteiger partial charge is 0.131 e. The van der Waals surface area contributed by atoms with Crippen LogP contribution in [0, 0.1) is 17.5 Å². The van der Waals surface area contributed by atoms with Crippen LogP contribution in [0.15, 0.2) is 40.9 Å². The summed E-state index contributed by atoms with van der Waals surface area (Å²) in [6.07, 6.45) is 0. The first-order valence-electron chi connectivity index (χ1n) is 5.20. The van der Waals surface area contributed by atoms with Crippen molar-refractivity contribution in [3.8, 4) is 0 Å². The van der Waals surface area contributed by atoms with Crippen LogP contribution in [-0.4, -0.2) is 0 Å². The lowest BCUT2D eigenvalue weighted by Crippen LogP contribution is -2.05. The SMILES string of the molecule is Fc1ccc(NCc2c(F)cccc2F)c(Br)c1. The first-order chi connectivity index (χ1) is 8.58. The van der Waals surface area contributed by atoms with Crippen LogP contribution in [0.2, 0.25) is 0 Å². The Labute approximate surface area is 111 Å². The van der Waals surface area contributed by atoms with Crippen molar-refractivity contribution in [1.82, 2.24) is 0 Å². The van der Waals surface area contributed by atoms with Gasteiger partial charge in [-0.2, -0.15) is 0 Å². The van der Waals surface area contributed by atoms with E-state index in [9.17, 15) is 13.2 Å². The third kappa shape index (κ3) is 2.85. The van der Waals surface area contributed by atoms with Crippen LogP contribution in [0.5, 0.6) is 0 Å². The van der Waals surface area contributed by atoms with Gasteiger partial charge in [0.15, 0.2) is 0 Å². The van der Waals surface area contributed by atoms with Gasteiger partial charge >= 0.3 is 0 Å². The molecule has 0 bridgehead atoms. The lowest BCUT2D eigenvalue weighted by atomic mass is 10.2. The van der Waals surface area contributed by atoms with Gasteiger partial charge in [-0.15, -0.1) is 0 Å². The third-order valence-corrected chi connectivity index (χ3v) is 3.10. The molecule has 5 heteroatoms. The van der Waals surface area contributed by atoms with Crippen molar-refractivity contribution in [1.29, 1.82) is 0 Å². The van der Waals surface area contributed by atoms with E-state index < -0.39 is 11.6 Å². The fourth-order valence-corrected chi connectivity index (χ4v) is 2.01. The van der Waals surface area contributed by atoms with E-state index in [1.165, 1.54) is 36.4 Å². The number of nitrogens with one attached hydrogen (secondary N) is 1. The summed E-state index contributed by atoms with van der Waals surface area (Å²) in [6, 6.07) is 7.74. The molecule has 0 saturated heterocycles. The molecule has 0 saturated carbocycles. The Morgan fingerprint density at radius 3 is 2.28 bits per heavy atom. The monoisotopic (exact) mass is 315 g/mol. The standard InChI is InChI=1S/C13H9BrF3N/c14-10-6-8(15)4-5-13(10)18-7-9-11(16)2-1-3-12(9)17/h1-6,18H,7H2. The van der Waals surface area contributed by atoms with Gasteiger partial charge in [-0.25, -0.2) is 13.2 Å². The zero-order valence-corrected chi connectivity index (χ0v) is 10.8. The van der Waals surface area contributed by atoms with E-state index in [4.69, 9.17) is 0 Å². The molecule has 2 aromatic rings. The zero-order valence-electron chi connectivity index (χ0n) is 9.18. The van der Waals surface area contributed by atoms with Gasteiger partial charge in [0.1, 0.15) is 17.5 Å². The number of anilines is 1. The number of benzene rings is 2. The van der Waals surface area contributed by atoms with Crippen LogP contribution in [0.1, 0.15) is 5.56 Å². The van der Waals surface area contributed by atoms with Gasteiger partial charge in [0, 0.05) is 22.3 Å². The van der Waals surface area contributed by atoms with Crippen molar-refractivity contribution < 1.29 is 13.2 Å². The Morgan fingerprint density at radius 2 is 1.67 bits per heavy atom. The zero-order chi connectivity index (χ0) is 13.1. The highest BCUT2D eigenvalue weighted by molar-refractivity contribution is 9.10. The maximum absolute atomic E-state index is 13.4. The average molecular weight is 316 g/mol. The van der Waals surface area contributed by atoms with E-state index in [1.54, 1.807) is 0 Å². The first-order valence-corrected chi connectivity index (χ1v) is 5.99. The van der Waals surface area contributed by atoms with E-state index in [-0.39, 0.29) is 17.9 Å². The quantitative estimate of drug-likeness (QED) is 0.880. The maximum atomic E-state index is 13.4. The van der Waals surface area contributed by atoms with Crippen LogP contribution >= 0.6 is 15.9 Å². The van der Waals surface area contributed by atoms with Crippen LogP contribution in [0.3, 0.4) is 0 Å². The van der Waals surface area contributed by atoms with Crippen LogP contribution in [0.25, 0.3) is 0 Å². The van der Waals surface area contributed by atoms with Crippen molar-refractivity contribution >= 4 is 21.6 Å². The minimum atomic E-state index is -0.610. The molecule has 0 atom stereocenters. The Balaban J connectivity index is 2.16. The summed E-state index contributed by atoms with van der Waals surface area (Å²) in [5.41, 5.74) is 0.521. The molecule has 1 N–H and O–H groups in total. The first kappa shape index (κ1) is 13.0. The summed E-state index contributed by atoms with van der Waals surface area (Å²) in [5.74, 6) is -1.61. The topological polar surface area (TPSA) is 12.0 Å². The van der Waals surface area contributed by atoms with Crippen LogP contribution in [0.4, 0.5) is 18.9 Å². The molecule has 2 aromatic carbocycles. The van der Waals surface area contributed by atoms with Crippen molar-refractivity contribution in [3.63, 3.8) is 0 Å². The average Bonchev–Trinajstić information content (AvgIpc) is 2.31. The molecule has 0 spiro atoms. The second-order valence-electron chi connectivity index (χ2n) is 3.68. The normalized spacial score (nSPS) is 10.4. The van der Waals surface area contributed by atoms with Gasteiger partial charge in [-0.05, 0) is 46.3 Å². The molecule has 0 aliphatic heterocycles. The second kappa shape index (κ2) is 5.44. The Morgan fingerprint density at radius 1 is 1.00 bits per heavy atom. The molecule has 18 heavy (non-hydrogen) atoms. The van der Waals surface area contributed by atoms with Crippen molar-refractivity contribution in [3.05, 3.63) is 63.9 Å². The molecular weight excluding hydrogens is 307 g/mol. The minimum absolute atomic E-state index is 0.0112. The van der Waals surface area contributed by atoms with Gasteiger partial charge in [0.2, 0.25) is 0 Å². The molecule has 0 fully saturated rings. The van der Waals surface area contributed by atoms with Crippen molar-refractivity contribution in [2.45, 2.75) is 6.54 Å². The van der Waals surface area contributed by atoms with E-state index in [1.807, 2.05) is 0 Å². The van der Waals surface area contributed by atoms with E-state index in [0.717, 1.165) is 0 Å². The Hall–Kier alpha value is -1.49. The fourth-order valence-electron chi connectivity index (χ4n) is 1.52. The third-order valence-electron chi connectivity index (χ3n) is 2.45. The van der Waals surface area contributed by atoms with E-state index in [2.05, 4.69) is 21.2 Å². The highest BCUT2D eigenvalue weighted by Crippen LogP contribution is 2.24. The van der Waals surface area contributed by atoms with Crippen LogP contribution in [-0.2, 0) is 6.54 Å². The molecule has 0 heterocycles. The number of halogens is 4. The predicted molar refractivity (Wildman–Crippen MR) is 67.8 cm³/mol. The lowest BCUT2D eigenvalue weighted by molar-refractivity contribution is 0.560. The van der Waals surface area contributed by atoms with Crippen molar-refractivity contribution in [2.24, 2.45) is 0 Å². The summed E-state index contributed by atoms with van der Waals surface area (Å²) < 4.78 is 40.1. The number of hydrogen-bond acceptors (Lipinski definition) is 1. The molecule has 0 unspecified atom stereocenters. The summed E-state index contributed by atoms with van der Waals surface area (Å²) >= 11 is 3.17. The molecule has 0 aliphatic carbocycles. The van der Waals surface area contributed by atoms with E-state index >= 15 is 0 Å². The van der Waals surface area contributed by atoms with Crippen LogP contribution < -0.4 is 5.32 Å². The lowest BCUT2D eigenvalue weighted by Gasteiger charge is -2.10. The Bertz CT molecular complexity index is 552. The number of hydrogen-bond donors (Lipinski definition) is 1. The molecule has 94 valence electrons. The molecule has 0 aliphatic rings. The van der Waals surface area contributed by atoms with Gasteiger partial charge in [-0.1, -0.05) is 6.07 Å². The fraction of sp³-hybridized carbons (Fsp3) is 0.0769. The molecule has 0 radical (unpaired) electrons. The number of rotatable bonds is 3. The second-order valence-corrected chi connectivity index (χ2v) is 4.53. The van der Waals surface area contributed by atoms with Gasteiger partial charge < -0.3 is 5.32 Å². The summed E-state index contributed by atoms with van der Waals surface area (Å²) in [4.78, 5) is 0. The van der Waals surface area contributed by atoms with Gasteiger partial charge in [-0.3, -0.25) is 0 Å². The highest BCUT2D eigenvalue weighted by atomic mass is 79.9. The van der Waals surface area contributed by atoms with E-state index in [0.29, 0.717) is 10.2 Å².